The molecule has 0 radical (unpaired) electrons. The molecule has 10 heteroatoms. The Morgan fingerprint density at radius 2 is 1.77 bits per heavy atom. The molecule has 208 valence electrons. The van der Waals surface area contributed by atoms with Crippen LogP contribution in [0.3, 0.4) is 0 Å². The van der Waals surface area contributed by atoms with Crippen LogP contribution in [-0.2, 0) is 26.2 Å². The van der Waals surface area contributed by atoms with Crippen molar-refractivity contribution in [3.05, 3.63) is 65.4 Å². The molecule has 0 saturated heterocycles. The summed E-state index contributed by atoms with van der Waals surface area (Å²) in [6, 6.07) is 13.5. The summed E-state index contributed by atoms with van der Waals surface area (Å²) in [6.45, 7) is 7.75. The highest BCUT2D eigenvalue weighted by Gasteiger charge is 2.51. The number of nitrogens with zero attached hydrogens (tertiary/aromatic N) is 2. The van der Waals surface area contributed by atoms with Crippen LogP contribution in [0.15, 0.2) is 57.9 Å². The Morgan fingerprint density at radius 1 is 1.13 bits per heavy atom. The van der Waals surface area contributed by atoms with Gasteiger partial charge in [0.2, 0.25) is 5.88 Å². The lowest BCUT2D eigenvalue weighted by Gasteiger charge is -2.40. The molecule has 1 saturated carbocycles. The number of aromatic nitrogens is 1. The van der Waals surface area contributed by atoms with E-state index in [-0.39, 0.29) is 33.0 Å². The molecule has 1 fully saturated rings. The van der Waals surface area contributed by atoms with Crippen molar-refractivity contribution in [3.8, 4) is 11.1 Å². The Hall–Kier alpha value is -3.50. The molecule has 0 bridgehead atoms. The number of primary amides is 1. The molecule has 3 aromatic rings. The number of aryl methyl sites for hydroxylation is 1. The number of nitrogens with two attached hydrogens (primary N) is 1. The summed E-state index contributed by atoms with van der Waals surface area (Å²) >= 11 is 0. The summed E-state index contributed by atoms with van der Waals surface area (Å²) in [5.74, 6) is -0.442. The molecule has 3 N–H and O–H groups in total. The van der Waals surface area contributed by atoms with Crippen molar-refractivity contribution in [3.63, 3.8) is 0 Å². The van der Waals surface area contributed by atoms with Gasteiger partial charge in [0.1, 0.15) is 6.54 Å². The van der Waals surface area contributed by atoms with Crippen LogP contribution in [0.1, 0.15) is 49.9 Å². The zero-order valence-electron chi connectivity index (χ0n) is 23.1. The van der Waals surface area contributed by atoms with E-state index >= 15 is 0 Å². The molecule has 1 aliphatic rings. The van der Waals surface area contributed by atoms with Crippen LogP contribution in [0.5, 0.6) is 0 Å². The highest BCUT2D eigenvalue weighted by atomic mass is 32.2. The lowest BCUT2D eigenvalue weighted by atomic mass is 9.93. The predicted octanol–water partition coefficient (Wildman–Crippen LogP) is 4.54. The number of carbonyl (C=O) groups excluding carboxylic acids is 2. The van der Waals surface area contributed by atoms with E-state index in [1.165, 1.54) is 6.07 Å². The van der Waals surface area contributed by atoms with E-state index in [4.69, 9.17) is 10.3 Å². The number of nitrogens with one attached hydrogen (secondary N) is 1. The SMILES string of the molecule is CC[C@H](C)[C@@H](C(N)=O)[N+](C)(Cc1ccc(-c2ccccc2S(=O)(=O)Nc2onc(C)c2C)cc1)C(=O)C1CC1. The minimum Gasteiger partial charge on any atom is -0.364 e. The van der Waals surface area contributed by atoms with Crippen LogP contribution in [0, 0.1) is 25.7 Å². The second-order valence-corrected chi connectivity index (χ2v) is 12.4. The van der Waals surface area contributed by atoms with E-state index in [1.54, 1.807) is 32.0 Å². The van der Waals surface area contributed by atoms with Gasteiger partial charge in [0.15, 0.2) is 6.04 Å². The van der Waals surface area contributed by atoms with E-state index in [0.717, 1.165) is 24.8 Å². The third kappa shape index (κ3) is 5.77. The fraction of sp³-hybridized carbons (Fsp3) is 0.414. The minimum absolute atomic E-state index is 0.0402. The lowest BCUT2D eigenvalue weighted by Crippen LogP contribution is -2.63. The van der Waals surface area contributed by atoms with Crippen LogP contribution in [-0.4, -0.2) is 43.0 Å². The average molecular weight is 554 g/mol. The number of quaternary nitrogens is 1. The maximum Gasteiger partial charge on any atom is 0.317 e. The summed E-state index contributed by atoms with van der Waals surface area (Å²) in [6.07, 6.45) is 2.40. The molecule has 0 aliphatic heterocycles. The maximum atomic E-state index is 13.5. The van der Waals surface area contributed by atoms with E-state index < -0.39 is 22.0 Å². The Kier molecular flexibility index (Phi) is 7.99. The number of likely N-dealkylation sites (N-methyl/N-ethyl adjacent to an activating group) is 1. The summed E-state index contributed by atoms with van der Waals surface area (Å²) in [5.41, 5.74) is 9.15. The first-order valence-electron chi connectivity index (χ1n) is 13.2. The number of rotatable bonds is 11. The number of amides is 2. The van der Waals surface area contributed by atoms with Gasteiger partial charge in [0, 0.05) is 22.6 Å². The summed E-state index contributed by atoms with van der Waals surface area (Å²) in [4.78, 5) is 26.2. The molecule has 39 heavy (non-hydrogen) atoms. The van der Waals surface area contributed by atoms with Crippen molar-refractivity contribution in [1.82, 2.24) is 5.16 Å². The van der Waals surface area contributed by atoms with Crippen molar-refractivity contribution >= 4 is 27.7 Å². The predicted molar refractivity (Wildman–Crippen MR) is 149 cm³/mol. The van der Waals surface area contributed by atoms with E-state index in [0.29, 0.717) is 28.9 Å². The number of benzene rings is 2. The molecule has 1 aliphatic carbocycles. The average Bonchev–Trinajstić information content (AvgIpc) is 3.71. The zero-order valence-corrected chi connectivity index (χ0v) is 23.9. The quantitative estimate of drug-likeness (QED) is 0.335. The Labute approximate surface area is 230 Å². The third-order valence-corrected chi connectivity index (χ3v) is 9.24. The van der Waals surface area contributed by atoms with Gasteiger partial charge in [-0.05, 0) is 44.7 Å². The normalized spacial score (nSPS) is 16.7. The number of sulfonamides is 1. The first kappa shape index (κ1) is 28.5. The van der Waals surface area contributed by atoms with Gasteiger partial charge in [0.05, 0.1) is 23.6 Å². The molecule has 0 spiro atoms. The largest absolute Gasteiger partial charge is 0.364 e. The van der Waals surface area contributed by atoms with Crippen LogP contribution in [0.4, 0.5) is 5.88 Å². The van der Waals surface area contributed by atoms with Crippen molar-refractivity contribution < 1.29 is 27.0 Å². The summed E-state index contributed by atoms with van der Waals surface area (Å²) < 4.78 is 34.2. The van der Waals surface area contributed by atoms with Crippen LogP contribution in [0.2, 0.25) is 0 Å². The number of hydrogen-bond acceptors (Lipinski definition) is 6. The van der Waals surface area contributed by atoms with Crippen LogP contribution < -0.4 is 10.5 Å². The molecule has 4 rings (SSSR count). The molecule has 1 heterocycles. The van der Waals surface area contributed by atoms with Crippen molar-refractivity contribution in [2.75, 3.05) is 11.8 Å². The molecular weight excluding hydrogens is 516 g/mol. The number of anilines is 1. The van der Waals surface area contributed by atoms with Gasteiger partial charge in [-0.25, -0.2) is 22.4 Å². The fourth-order valence-electron chi connectivity index (χ4n) is 5.20. The Balaban J connectivity index is 1.65. The van der Waals surface area contributed by atoms with Crippen LogP contribution >= 0.6 is 0 Å². The van der Waals surface area contributed by atoms with Gasteiger partial charge < -0.3 is 10.3 Å². The number of carbonyl (C=O) groups is 2. The van der Waals surface area contributed by atoms with Gasteiger partial charge in [-0.2, -0.15) is 0 Å². The number of hydrogen-bond donors (Lipinski definition) is 2. The van der Waals surface area contributed by atoms with Gasteiger partial charge in [-0.1, -0.05) is 61.5 Å². The van der Waals surface area contributed by atoms with Gasteiger partial charge in [-0.3, -0.25) is 4.79 Å². The van der Waals surface area contributed by atoms with Gasteiger partial charge in [0.25, 0.3) is 15.9 Å². The third-order valence-electron chi connectivity index (χ3n) is 7.86. The molecule has 9 nitrogen and oxygen atoms in total. The second-order valence-electron chi connectivity index (χ2n) is 10.8. The molecule has 2 amide bonds. The van der Waals surface area contributed by atoms with E-state index in [2.05, 4.69) is 9.88 Å². The topological polar surface area (TPSA) is 132 Å². The van der Waals surface area contributed by atoms with Crippen molar-refractivity contribution in [2.24, 2.45) is 17.6 Å². The first-order chi connectivity index (χ1) is 18.4. The zero-order chi connectivity index (χ0) is 28.5. The smallest absolute Gasteiger partial charge is 0.317 e. The first-order valence-corrected chi connectivity index (χ1v) is 14.7. The van der Waals surface area contributed by atoms with Gasteiger partial charge in [-0.15, -0.1) is 0 Å². The highest BCUT2D eigenvalue weighted by molar-refractivity contribution is 7.92. The molecule has 2 aromatic carbocycles. The molecule has 3 atom stereocenters. The highest BCUT2D eigenvalue weighted by Crippen LogP contribution is 2.37. The summed E-state index contributed by atoms with van der Waals surface area (Å²) in [5, 5.41) is 3.82. The minimum atomic E-state index is -3.97. The summed E-state index contributed by atoms with van der Waals surface area (Å²) in [7, 11) is -2.15. The van der Waals surface area contributed by atoms with Crippen LogP contribution in [0.25, 0.3) is 11.1 Å². The van der Waals surface area contributed by atoms with Gasteiger partial charge >= 0.3 is 5.91 Å². The standard InChI is InChI=1S/C29H36N4O5S/c1-6-18(2)26(27(30)34)33(5,29(35)23-15-16-23)17-21-11-13-22(14-12-21)24-9-7-8-10-25(24)39(36,37)32-28-19(3)20(4)31-38-28/h7-14,18,23,26H,6,15-17H2,1-5H3,(H2-,30,31,32,34)/p+1/t18-,26-,33?/m0/s1. The second kappa shape index (κ2) is 10.9. The Morgan fingerprint density at radius 3 is 2.31 bits per heavy atom. The maximum absolute atomic E-state index is 13.5. The molecule has 1 aromatic heterocycles. The monoisotopic (exact) mass is 553 g/mol. The molecular formula is C29H37N4O5S+. The lowest BCUT2D eigenvalue weighted by molar-refractivity contribution is -0.869. The molecule has 1 unspecified atom stereocenters. The fourth-order valence-corrected chi connectivity index (χ4v) is 6.48. The van der Waals surface area contributed by atoms with E-state index in [9.17, 15) is 18.0 Å². The van der Waals surface area contributed by atoms with E-state index in [1.807, 2.05) is 45.2 Å². The Bertz CT molecular complexity index is 1480. The van der Waals surface area contributed by atoms with Crippen molar-refractivity contribution in [1.29, 1.82) is 0 Å². The van der Waals surface area contributed by atoms with Crippen molar-refractivity contribution in [2.45, 2.75) is 64.4 Å².